The van der Waals surface area contributed by atoms with Crippen LogP contribution in [0.5, 0.6) is 0 Å². The SMILES string of the molecule is C[C@H](N)C(=O)NC1CC1.Cl. The van der Waals surface area contributed by atoms with Gasteiger partial charge in [-0.3, -0.25) is 4.79 Å². The van der Waals surface area contributed by atoms with Gasteiger partial charge in [0, 0.05) is 6.04 Å². The summed E-state index contributed by atoms with van der Waals surface area (Å²) in [4.78, 5) is 10.8. The Balaban J connectivity index is 0.000000810. The van der Waals surface area contributed by atoms with Gasteiger partial charge in [-0.1, -0.05) is 0 Å². The molecule has 1 aliphatic rings. The van der Waals surface area contributed by atoms with E-state index in [1.165, 1.54) is 0 Å². The van der Waals surface area contributed by atoms with Crippen molar-refractivity contribution in [2.24, 2.45) is 5.73 Å². The molecule has 4 heteroatoms. The molecule has 1 aliphatic carbocycles. The van der Waals surface area contributed by atoms with E-state index in [0.29, 0.717) is 6.04 Å². The summed E-state index contributed by atoms with van der Waals surface area (Å²) in [6.45, 7) is 1.69. The molecule has 0 unspecified atom stereocenters. The molecule has 0 aromatic carbocycles. The van der Waals surface area contributed by atoms with E-state index in [2.05, 4.69) is 5.32 Å². The highest BCUT2D eigenvalue weighted by Crippen LogP contribution is 2.18. The van der Waals surface area contributed by atoms with E-state index in [1.54, 1.807) is 6.92 Å². The van der Waals surface area contributed by atoms with Crippen molar-refractivity contribution < 1.29 is 4.79 Å². The summed E-state index contributed by atoms with van der Waals surface area (Å²) in [5.41, 5.74) is 5.30. The molecular weight excluding hydrogens is 152 g/mol. The van der Waals surface area contributed by atoms with E-state index in [9.17, 15) is 4.79 Å². The molecule has 1 fully saturated rings. The second kappa shape index (κ2) is 3.78. The zero-order valence-electron chi connectivity index (χ0n) is 5.96. The van der Waals surface area contributed by atoms with Crippen molar-refractivity contribution in [2.75, 3.05) is 0 Å². The van der Waals surface area contributed by atoms with Gasteiger partial charge in [-0.2, -0.15) is 0 Å². The van der Waals surface area contributed by atoms with Gasteiger partial charge in [0.1, 0.15) is 0 Å². The molecule has 0 aromatic heterocycles. The predicted molar refractivity (Wildman–Crippen MR) is 42.1 cm³/mol. The minimum atomic E-state index is -0.356. The van der Waals surface area contributed by atoms with Gasteiger partial charge >= 0.3 is 0 Å². The monoisotopic (exact) mass is 164 g/mol. The fraction of sp³-hybridized carbons (Fsp3) is 0.833. The first kappa shape index (κ1) is 9.72. The van der Waals surface area contributed by atoms with Crippen molar-refractivity contribution in [2.45, 2.75) is 31.8 Å². The average molecular weight is 165 g/mol. The zero-order valence-corrected chi connectivity index (χ0v) is 6.78. The quantitative estimate of drug-likeness (QED) is 0.606. The number of nitrogens with one attached hydrogen (secondary N) is 1. The molecule has 1 saturated carbocycles. The molecule has 60 valence electrons. The van der Waals surface area contributed by atoms with Crippen LogP contribution in [0.2, 0.25) is 0 Å². The van der Waals surface area contributed by atoms with Crippen LogP contribution in [0.15, 0.2) is 0 Å². The van der Waals surface area contributed by atoms with Crippen molar-refractivity contribution in [3.8, 4) is 0 Å². The first-order valence-electron chi connectivity index (χ1n) is 3.26. The number of nitrogens with two attached hydrogens (primary N) is 1. The summed E-state index contributed by atoms with van der Waals surface area (Å²) in [7, 11) is 0. The van der Waals surface area contributed by atoms with Gasteiger partial charge in [0.15, 0.2) is 0 Å². The lowest BCUT2D eigenvalue weighted by atomic mass is 10.3. The molecule has 0 heterocycles. The van der Waals surface area contributed by atoms with E-state index in [4.69, 9.17) is 5.73 Å². The highest BCUT2D eigenvalue weighted by atomic mass is 35.5. The Morgan fingerprint density at radius 3 is 2.50 bits per heavy atom. The standard InChI is InChI=1S/C6H12N2O.ClH/c1-4(7)6(9)8-5-2-3-5;/h4-5H,2-3,7H2,1H3,(H,8,9);1H/t4-;/m0./s1. The largest absolute Gasteiger partial charge is 0.352 e. The lowest BCUT2D eigenvalue weighted by Crippen LogP contribution is -2.39. The molecule has 3 N–H and O–H groups in total. The molecule has 0 aromatic rings. The van der Waals surface area contributed by atoms with E-state index in [-0.39, 0.29) is 24.4 Å². The molecular formula is C6H13ClN2O. The maximum absolute atomic E-state index is 10.8. The summed E-state index contributed by atoms with van der Waals surface area (Å²) in [6, 6.07) is 0.0779. The first-order valence-corrected chi connectivity index (χ1v) is 3.26. The second-order valence-corrected chi connectivity index (χ2v) is 2.57. The van der Waals surface area contributed by atoms with Crippen molar-refractivity contribution >= 4 is 18.3 Å². The zero-order chi connectivity index (χ0) is 6.85. The van der Waals surface area contributed by atoms with Crippen molar-refractivity contribution in [3.63, 3.8) is 0 Å². The lowest BCUT2D eigenvalue weighted by Gasteiger charge is -2.04. The summed E-state index contributed by atoms with van der Waals surface area (Å²) < 4.78 is 0. The highest BCUT2D eigenvalue weighted by Gasteiger charge is 2.24. The third-order valence-electron chi connectivity index (χ3n) is 1.34. The Kier molecular flexibility index (Phi) is 3.68. The molecule has 1 rings (SSSR count). The molecule has 1 amide bonds. The fourth-order valence-electron chi connectivity index (χ4n) is 0.560. The smallest absolute Gasteiger partial charge is 0.236 e. The van der Waals surface area contributed by atoms with Gasteiger partial charge in [-0.15, -0.1) is 12.4 Å². The molecule has 0 saturated heterocycles. The van der Waals surface area contributed by atoms with Gasteiger partial charge in [-0.25, -0.2) is 0 Å². The van der Waals surface area contributed by atoms with E-state index in [1.807, 2.05) is 0 Å². The summed E-state index contributed by atoms with van der Waals surface area (Å²) in [6.07, 6.45) is 2.25. The van der Waals surface area contributed by atoms with Gasteiger partial charge in [0.25, 0.3) is 0 Å². The Morgan fingerprint density at radius 1 is 1.70 bits per heavy atom. The van der Waals surface area contributed by atoms with Gasteiger partial charge in [0.2, 0.25) is 5.91 Å². The number of carbonyl (C=O) groups excluding carboxylic acids is 1. The van der Waals surface area contributed by atoms with Crippen molar-refractivity contribution in [3.05, 3.63) is 0 Å². The van der Waals surface area contributed by atoms with Crippen LogP contribution in [-0.2, 0) is 4.79 Å². The van der Waals surface area contributed by atoms with E-state index in [0.717, 1.165) is 12.8 Å². The van der Waals surface area contributed by atoms with Crippen LogP contribution in [0.25, 0.3) is 0 Å². The van der Waals surface area contributed by atoms with Crippen LogP contribution in [0, 0.1) is 0 Å². The maximum atomic E-state index is 10.8. The van der Waals surface area contributed by atoms with Gasteiger partial charge < -0.3 is 11.1 Å². The average Bonchev–Trinajstić information content (AvgIpc) is 2.50. The Morgan fingerprint density at radius 2 is 2.20 bits per heavy atom. The summed E-state index contributed by atoms with van der Waals surface area (Å²) >= 11 is 0. The summed E-state index contributed by atoms with van der Waals surface area (Å²) in [5, 5.41) is 2.79. The molecule has 10 heavy (non-hydrogen) atoms. The third kappa shape index (κ3) is 3.03. The highest BCUT2D eigenvalue weighted by molar-refractivity contribution is 5.85. The van der Waals surface area contributed by atoms with Crippen LogP contribution in [0.3, 0.4) is 0 Å². The lowest BCUT2D eigenvalue weighted by molar-refractivity contribution is -0.122. The number of hydrogen-bond acceptors (Lipinski definition) is 2. The number of hydrogen-bond donors (Lipinski definition) is 2. The maximum Gasteiger partial charge on any atom is 0.236 e. The van der Waals surface area contributed by atoms with Crippen LogP contribution in [0.4, 0.5) is 0 Å². The first-order chi connectivity index (χ1) is 4.20. The van der Waals surface area contributed by atoms with E-state index < -0.39 is 0 Å². The minimum absolute atomic E-state index is 0. The molecule has 0 aliphatic heterocycles. The molecule has 0 radical (unpaired) electrons. The number of rotatable bonds is 2. The molecule has 3 nitrogen and oxygen atoms in total. The summed E-state index contributed by atoms with van der Waals surface area (Å²) in [5.74, 6) is -0.0301. The van der Waals surface area contributed by atoms with Crippen LogP contribution in [0.1, 0.15) is 19.8 Å². The Bertz CT molecular complexity index is 123. The molecule has 0 bridgehead atoms. The Labute approximate surface area is 66.8 Å². The normalized spacial score (nSPS) is 19.0. The number of carbonyl (C=O) groups is 1. The van der Waals surface area contributed by atoms with Crippen molar-refractivity contribution in [1.29, 1.82) is 0 Å². The third-order valence-corrected chi connectivity index (χ3v) is 1.34. The second-order valence-electron chi connectivity index (χ2n) is 2.57. The van der Waals surface area contributed by atoms with Crippen molar-refractivity contribution in [1.82, 2.24) is 5.32 Å². The topological polar surface area (TPSA) is 55.1 Å². The van der Waals surface area contributed by atoms with Crippen LogP contribution < -0.4 is 11.1 Å². The fourth-order valence-corrected chi connectivity index (χ4v) is 0.560. The van der Waals surface area contributed by atoms with E-state index >= 15 is 0 Å². The Hall–Kier alpha value is -0.280. The van der Waals surface area contributed by atoms with Gasteiger partial charge in [0.05, 0.1) is 6.04 Å². The number of halogens is 1. The molecule has 1 atom stereocenters. The minimum Gasteiger partial charge on any atom is -0.352 e. The number of amides is 1. The molecule has 0 spiro atoms. The van der Waals surface area contributed by atoms with Gasteiger partial charge in [-0.05, 0) is 19.8 Å². The van der Waals surface area contributed by atoms with Crippen LogP contribution >= 0.6 is 12.4 Å². The van der Waals surface area contributed by atoms with Crippen LogP contribution in [-0.4, -0.2) is 18.0 Å². The predicted octanol–water partition coefficient (Wildman–Crippen LogP) is 0.0340.